The fourth-order valence-corrected chi connectivity index (χ4v) is 1.82. The standard InChI is InChI=1S/C16H23N3O3/c1-3-4-5-13-6-8-14(9-7-13)19-16(22)15(21)18-11-10-17-12(2)20/h6-9H,3-5,10-11H2,1-2H3,(H,17,20)(H,18,21)(H,19,22). The second-order valence-corrected chi connectivity index (χ2v) is 4.99. The topological polar surface area (TPSA) is 87.3 Å². The van der Waals surface area contributed by atoms with E-state index < -0.39 is 11.8 Å². The molecule has 0 saturated heterocycles. The van der Waals surface area contributed by atoms with E-state index in [-0.39, 0.29) is 12.5 Å². The second-order valence-electron chi connectivity index (χ2n) is 4.99. The average molecular weight is 305 g/mol. The number of hydrogen-bond acceptors (Lipinski definition) is 3. The van der Waals surface area contributed by atoms with Gasteiger partial charge in [0.2, 0.25) is 5.91 Å². The first-order valence-electron chi connectivity index (χ1n) is 7.45. The smallest absolute Gasteiger partial charge is 0.313 e. The lowest BCUT2D eigenvalue weighted by molar-refractivity contribution is -0.136. The molecular weight excluding hydrogens is 282 g/mol. The minimum absolute atomic E-state index is 0.179. The first-order chi connectivity index (χ1) is 10.5. The van der Waals surface area contributed by atoms with Crippen molar-refractivity contribution >= 4 is 23.4 Å². The molecule has 1 aromatic rings. The molecule has 3 N–H and O–H groups in total. The lowest BCUT2D eigenvalue weighted by atomic mass is 10.1. The molecule has 0 aliphatic rings. The number of nitrogens with one attached hydrogen (secondary N) is 3. The number of carbonyl (C=O) groups is 3. The van der Waals surface area contributed by atoms with E-state index in [4.69, 9.17) is 0 Å². The largest absolute Gasteiger partial charge is 0.355 e. The van der Waals surface area contributed by atoms with Crippen LogP contribution in [0.15, 0.2) is 24.3 Å². The van der Waals surface area contributed by atoms with Crippen LogP contribution in [0.3, 0.4) is 0 Å². The molecule has 0 atom stereocenters. The zero-order valence-electron chi connectivity index (χ0n) is 13.1. The Bertz CT molecular complexity index is 512. The average Bonchev–Trinajstić information content (AvgIpc) is 2.50. The van der Waals surface area contributed by atoms with Crippen molar-refractivity contribution in [1.29, 1.82) is 0 Å². The zero-order valence-corrected chi connectivity index (χ0v) is 13.1. The Morgan fingerprint density at radius 1 is 0.955 bits per heavy atom. The Hall–Kier alpha value is -2.37. The van der Waals surface area contributed by atoms with E-state index in [1.807, 2.05) is 12.1 Å². The molecule has 0 spiro atoms. The lowest BCUT2D eigenvalue weighted by Gasteiger charge is -2.07. The first kappa shape index (κ1) is 17.7. The van der Waals surface area contributed by atoms with Crippen LogP contribution in [0.1, 0.15) is 32.3 Å². The summed E-state index contributed by atoms with van der Waals surface area (Å²) in [5, 5.41) is 7.50. The van der Waals surface area contributed by atoms with Crippen molar-refractivity contribution in [2.45, 2.75) is 33.1 Å². The van der Waals surface area contributed by atoms with Crippen molar-refractivity contribution in [3.8, 4) is 0 Å². The SMILES string of the molecule is CCCCc1ccc(NC(=O)C(=O)NCCNC(C)=O)cc1. The van der Waals surface area contributed by atoms with Crippen molar-refractivity contribution in [2.75, 3.05) is 18.4 Å². The monoisotopic (exact) mass is 305 g/mol. The minimum Gasteiger partial charge on any atom is -0.355 e. The van der Waals surface area contributed by atoms with Crippen molar-refractivity contribution in [3.63, 3.8) is 0 Å². The lowest BCUT2D eigenvalue weighted by Crippen LogP contribution is -2.39. The van der Waals surface area contributed by atoms with E-state index >= 15 is 0 Å². The molecule has 6 heteroatoms. The molecule has 1 aromatic carbocycles. The maximum absolute atomic E-state index is 11.7. The molecule has 120 valence electrons. The van der Waals surface area contributed by atoms with Gasteiger partial charge in [-0.05, 0) is 30.5 Å². The predicted molar refractivity (Wildman–Crippen MR) is 85.4 cm³/mol. The molecule has 1 rings (SSSR count). The van der Waals surface area contributed by atoms with Crippen LogP contribution in [-0.4, -0.2) is 30.8 Å². The molecule has 0 aliphatic heterocycles. The summed E-state index contributed by atoms with van der Waals surface area (Å²) in [4.78, 5) is 33.9. The van der Waals surface area contributed by atoms with Crippen LogP contribution in [0.4, 0.5) is 5.69 Å². The Kier molecular flexibility index (Phi) is 7.67. The number of carbonyl (C=O) groups excluding carboxylic acids is 3. The number of unbranched alkanes of at least 4 members (excludes halogenated alkanes) is 1. The number of hydrogen-bond donors (Lipinski definition) is 3. The Labute approximate surface area is 130 Å². The van der Waals surface area contributed by atoms with Crippen LogP contribution in [0.5, 0.6) is 0 Å². The van der Waals surface area contributed by atoms with Gasteiger partial charge in [0.1, 0.15) is 0 Å². The molecular formula is C16H23N3O3. The van der Waals surface area contributed by atoms with E-state index in [1.165, 1.54) is 12.5 Å². The molecule has 3 amide bonds. The van der Waals surface area contributed by atoms with Crippen LogP contribution in [0.25, 0.3) is 0 Å². The molecule has 22 heavy (non-hydrogen) atoms. The van der Waals surface area contributed by atoms with Crippen molar-refractivity contribution in [1.82, 2.24) is 10.6 Å². The third kappa shape index (κ3) is 6.88. The summed E-state index contributed by atoms with van der Waals surface area (Å²) in [6, 6.07) is 7.46. The van der Waals surface area contributed by atoms with Gasteiger partial charge < -0.3 is 16.0 Å². The van der Waals surface area contributed by atoms with Gasteiger partial charge in [-0.3, -0.25) is 14.4 Å². The van der Waals surface area contributed by atoms with Crippen LogP contribution in [-0.2, 0) is 20.8 Å². The van der Waals surface area contributed by atoms with Crippen LogP contribution in [0.2, 0.25) is 0 Å². The summed E-state index contributed by atoms with van der Waals surface area (Å²) in [5.74, 6) is -1.62. The third-order valence-electron chi connectivity index (χ3n) is 3.02. The summed E-state index contributed by atoms with van der Waals surface area (Å²) in [5.41, 5.74) is 1.79. The fraction of sp³-hybridized carbons (Fsp3) is 0.438. The Morgan fingerprint density at radius 2 is 1.59 bits per heavy atom. The molecule has 0 unspecified atom stereocenters. The molecule has 0 aromatic heterocycles. The highest BCUT2D eigenvalue weighted by Gasteiger charge is 2.12. The number of aryl methyl sites for hydroxylation is 1. The highest BCUT2D eigenvalue weighted by Crippen LogP contribution is 2.11. The van der Waals surface area contributed by atoms with Crippen LogP contribution in [0, 0.1) is 0 Å². The van der Waals surface area contributed by atoms with E-state index in [1.54, 1.807) is 12.1 Å². The number of amides is 3. The minimum atomic E-state index is -0.722. The molecule has 0 radical (unpaired) electrons. The third-order valence-corrected chi connectivity index (χ3v) is 3.02. The Morgan fingerprint density at radius 3 is 2.18 bits per heavy atom. The number of anilines is 1. The summed E-state index contributed by atoms with van der Waals surface area (Å²) >= 11 is 0. The summed E-state index contributed by atoms with van der Waals surface area (Å²) < 4.78 is 0. The molecule has 0 fully saturated rings. The molecule has 0 saturated carbocycles. The van der Waals surface area contributed by atoms with Gasteiger partial charge in [0, 0.05) is 25.7 Å². The summed E-state index contributed by atoms with van der Waals surface area (Å²) in [6.45, 7) is 4.03. The molecule has 0 bridgehead atoms. The van der Waals surface area contributed by atoms with Crippen molar-refractivity contribution in [3.05, 3.63) is 29.8 Å². The van der Waals surface area contributed by atoms with Gasteiger partial charge in [0.25, 0.3) is 0 Å². The first-order valence-corrected chi connectivity index (χ1v) is 7.45. The van der Waals surface area contributed by atoms with Crippen LogP contribution >= 0.6 is 0 Å². The van der Waals surface area contributed by atoms with Gasteiger partial charge in [0.15, 0.2) is 0 Å². The fourth-order valence-electron chi connectivity index (χ4n) is 1.82. The van der Waals surface area contributed by atoms with Gasteiger partial charge in [0.05, 0.1) is 0 Å². The zero-order chi connectivity index (χ0) is 16.4. The normalized spacial score (nSPS) is 9.91. The van der Waals surface area contributed by atoms with E-state index in [0.29, 0.717) is 12.2 Å². The quantitative estimate of drug-likeness (QED) is 0.523. The van der Waals surface area contributed by atoms with Gasteiger partial charge in [-0.2, -0.15) is 0 Å². The number of rotatable bonds is 7. The van der Waals surface area contributed by atoms with Gasteiger partial charge in [-0.15, -0.1) is 0 Å². The van der Waals surface area contributed by atoms with E-state index in [0.717, 1.165) is 19.3 Å². The van der Waals surface area contributed by atoms with Gasteiger partial charge >= 0.3 is 11.8 Å². The summed E-state index contributed by atoms with van der Waals surface area (Å²) in [7, 11) is 0. The van der Waals surface area contributed by atoms with E-state index in [9.17, 15) is 14.4 Å². The Balaban J connectivity index is 2.37. The van der Waals surface area contributed by atoms with E-state index in [2.05, 4.69) is 22.9 Å². The summed E-state index contributed by atoms with van der Waals surface area (Å²) in [6.07, 6.45) is 3.27. The second kappa shape index (κ2) is 9.55. The highest BCUT2D eigenvalue weighted by atomic mass is 16.2. The number of benzene rings is 1. The molecule has 0 aliphatic carbocycles. The van der Waals surface area contributed by atoms with Gasteiger partial charge in [-0.1, -0.05) is 25.5 Å². The maximum Gasteiger partial charge on any atom is 0.313 e. The van der Waals surface area contributed by atoms with Crippen molar-refractivity contribution in [2.24, 2.45) is 0 Å². The molecule has 6 nitrogen and oxygen atoms in total. The van der Waals surface area contributed by atoms with Crippen LogP contribution < -0.4 is 16.0 Å². The van der Waals surface area contributed by atoms with Crippen molar-refractivity contribution < 1.29 is 14.4 Å². The highest BCUT2D eigenvalue weighted by molar-refractivity contribution is 6.39. The van der Waals surface area contributed by atoms with Gasteiger partial charge in [-0.25, -0.2) is 0 Å². The predicted octanol–water partition coefficient (Wildman–Crippen LogP) is 1.22. The molecule has 0 heterocycles. The maximum atomic E-state index is 11.7.